The Morgan fingerprint density at radius 2 is 2.05 bits per heavy atom. The molecule has 2 amide bonds. The number of urea groups is 1. The number of carbonyl (C=O) groups is 2. The molecule has 1 rings (SSSR count). The number of hydrogen-bond donors (Lipinski definition) is 1. The van der Waals surface area contributed by atoms with Gasteiger partial charge in [-0.1, -0.05) is 6.92 Å². The average molecular weight is 300 g/mol. The molecule has 0 aliphatic carbocycles. The van der Waals surface area contributed by atoms with Gasteiger partial charge in [-0.2, -0.15) is 0 Å². The van der Waals surface area contributed by atoms with Gasteiger partial charge in [0.05, 0.1) is 12.0 Å². The Morgan fingerprint density at radius 1 is 1.33 bits per heavy atom. The number of hydrogen-bond acceptors (Lipinski definition) is 3. The predicted molar refractivity (Wildman–Crippen MR) is 80.3 cm³/mol. The van der Waals surface area contributed by atoms with Gasteiger partial charge in [-0.25, -0.2) is 4.79 Å². The van der Waals surface area contributed by atoms with Gasteiger partial charge in [0.1, 0.15) is 0 Å². The zero-order chi connectivity index (χ0) is 15.9. The van der Waals surface area contributed by atoms with Crippen LogP contribution in [0.2, 0.25) is 0 Å². The summed E-state index contributed by atoms with van der Waals surface area (Å²) in [6.45, 7) is 8.98. The number of amides is 2. The maximum Gasteiger partial charge on any atom is 0.320 e. The highest BCUT2D eigenvalue weighted by Gasteiger charge is 2.42. The van der Waals surface area contributed by atoms with Crippen molar-refractivity contribution in [1.82, 2.24) is 9.80 Å². The van der Waals surface area contributed by atoms with Crippen LogP contribution in [0.15, 0.2) is 0 Å². The molecule has 21 heavy (non-hydrogen) atoms. The fraction of sp³-hybridized carbons (Fsp3) is 0.867. The summed E-state index contributed by atoms with van der Waals surface area (Å²) < 4.78 is 5.30. The highest BCUT2D eigenvalue weighted by molar-refractivity contribution is 5.78. The third-order valence-corrected chi connectivity index (χ3v) is 4.34. The van der Waals surface area contributed by atoms with Crippen LogP contribution in [-0.4, -0.2) is 66.3 Å². The maximum absolute atomic E-state index is 12.6. The molecule has 1 aliphatic heterocycles. The van der Waals surface area contributed by atoms with Crippen LogP contribution in [0.4, 0.5) is 4.79 Å². The van der Waals surface area contributed by atoms with Gasteiger partial charge < -0.3 is 19.6 Å². The highest BCUT2D eigenvalue weighted by atomic mass is 16.5. The van der Waals surface area contributed by atoms with Crippen LogP contribution in [0.25, 0.3) is 0 Å². The molecule has 1 aliphatic rings. The van der Waals surface area contributed by atoms with Crippen LogP contribution in [-0.2, 0) is 9.53 Å². The van der Waals surface area contributed by atoms with Gasteiger partial charge in [-0.05, 0) is 33.1 Å². The smallest absolute Gasteiger partial charge is 0.320 e. The minimum atomic E-state index is -0.792. The van der Waals surface area contributed by atoms with Gasteiger partial charge in [-0.3, -0.25) is 4.79 Å². The molecule has 6 nitrogen and oxygen atoms in total. The fourth-order valence-electron chi connectivity index (χ4n) is 2.82. The number of aliphatic carboxylic acids is 1. The first-order valence-electron chi connectivity index (χ1n) is 7.85. The number of likely N-dealkylation sites (tertiary alicyclic amines) is 1. The third-order valence-electron chi connectivity index (χ3n) is 4.34. The van der Waals surface area contributed by atoms with Crippen LogP contribution in [0, 0.1) is 5.41 Å². The van der Waals surface area contributed by atoms with Crippen molar-refractivity contribution in [3.05, 3.63) is 0 Å². The number of rotatable bonds is 7. The Balaban J connectivity index is 2.69. The number of carbonyl (C=O) groups excluding carboxylic acids is 1. The lowest BCUT2D eigenvalue weighted by Crippen LogP contribution is -2.53. The number of carboxylic acid groups (broad SMARTS) is 1. The predicted octanol–water partition coefficient (Wildman–Crippen LogP) is 2.04. The molecule has 0 aromatic carbocycles. The minimum absolute atomic E-state index is 0.0732. The number of likely N-dealkylation sites (N-methyl/N-ethyl adjacent to an activating group) is 1. The third kappa shape index (κ3) is 4.33. The first-order chi connectivity index (χ1) is 10.0. The van der Waals surface area contributed by atoms with Crippen molar-refractivity contribution in [2.75, 3.05) is 39.4 Å². The van der Waals surface area contributed by atoms with Crippen molar-refractivity contribution in [2.24, 2.45) is 5.41 Å². The van der Waals surface area contributed by atoms with Gasteiger partial charge in [-0.15, -0.1) is 0 Å². The molecular weight excluding hydrogens is 272 g/mol. The van der Waals surface area contributed by atoms with E-state index in [-0.39, 0.29) is 6.03 Å². The van der Waals surface area contributed by atoms with Crippen molar-refractivity contribution in [3.63, 3.8) is 0 Å². The van der Waals surface area contributed by atoms with E-state index in [0.29, 0.717) is 52.2 Å². The Bertz CT molecular complexity index is 362. The molecule has 122 valence electrons. The van der Waals surface area contributed by atoms with E-state index < -0.39 is 11.4 Å². The van der Waals surface area contributed by atoms with E-state index in [1.807, 2.05) is 20.8 Å². The molecular formula is C15H28N2O4. The standard InChI is InChI=1S/C15H28N2O4/c1-4-15(13(18)19)8-7-9-17(12-15)14(20)16(5-2)10-11-21-6-3/h4-12H2,1-3H3,(H,18,19). The summed E-state index contributed by atoms with van der Waals surface area (Å²) in [6, 6.07) is -0.0732. The van der Waals surface area contributed by atoms with E-state index in [1.165, 1.54) is 0 Å². The summed E-state index contributed by atoms with van der Waals surface area (Å²) in [7, 11) is 0. The zero-order valence-electron chi connectivity index (χ0n) is 13.4. The molecule has 0 aromatic heterocycles. The topological polar surface area (TPSA) is 70.1 Å². The summed E-state index contributed by atoms with van der Waals surface area (Å²) in [5.41, 5.74) is -0.784. The fourth-order valence-corrected chi connectivity index (χ4v) is 2.82. The molecule has 0 radical (unpaired) electrons. The molecule has 1 heterocycles. The summed E-state index contributed by atoms with van der Waals surface area (Å²) in [4.78, 5) is 27.5. The molecule has 1 atom stereocenters. The first-order valence-corrected chi connectivity index (χ1v) is 7.85. The summed E-state index contributed by atoms with van der Waals surface area (Å²) in [5.74, 6) is -0.792. The van der Waals surface area contributed by atoms with Crippen LogP contribution in [0.3, 0.4) is 0 Å². The zero-order valence-corrected chi connectivity index (χ0v) is 13.4. The molecule has 1 unspecified atom stereocenters. The molecule has 1 saturated heterocycles. The van der Waals surface area contributed by atoms with E-state index in [2.05, 4.69) is 0 Å². The van der Waals surface area contributed by atoms with Crippen LogP contribution in [0.1, 0.15) is 40.0 Å². The lowest BCUT2D eigenvalue weighted by Gasteiger charge is -2.41. The summed E-state index contributed by atoms with van der Waals surface area (Å²) >= 11 is 0. The minimum Gasteiger partial charge on any atom is -0.481 e. The Labute approximate surface area is 127 Å². The molecule has 0 bridgehead atoms. The molecule has 0 aromatic rings. The Kier molecular flexibility index (Phi) is 6.95. The number of nitrogens with zero attached hydrogens (tertiary/aromatic N) is 2. The van der Waals surface area contributed by atoms with Gasteiger partial charge in [0, 0.05) is 32.8 Å². The lowest BCUT2D eigenvalue weighted by molar-refractivity contribution is -0.152. The quantitative estimate of drug-likeness (QED) is 0.730. The summed E-state index contributed by atoms with van der Waals surface area (Å²) in [5, 5.41) is 9.49. The van der Waals surface area contributed by atoms with E-state index >= 15 is 0 Å². The molecule has 1 fully saturated rings. The second-order valence-electron chi connectivity index (χ2n) is 5.52. The number of piperidine rings is 1. The van der Waals surface area contributed by atoms with Crippen LogP contribution >= 0.6 is 0 Å². The van der Waals surface area contributed by atoms with Crippen molar-refractivity contribution in [2.45, 2.75) is 40.0 Å². The molecule has 0 spiro atoms. The normalized spacial score (nSPS) is 22.1. The van der Waals surface area contributed by atoms with Crippen molar-refractivity contribution in [3.8, 4) is 0 Å². The second kappa shape index (κ2) is 8.22. The van der Waals surface area contributed by atoms with E-state index in [4.69, 9.17) is 4.74 Å². The maximum atomic E-state index is 12.6. The van der Waals surface area contributed by atoms with Crippen LogP contribution in [0.5, 0.6) is 0 Å². The Morgan fingerprint density at radius 3 is 2.57 bits per heavy atom. The average Bonchev–Trinajstić information content (AvgIpc) is 2.51. The molecule has 6 heteroatoms. The van der Waals surface area contributed by atoms with Gasteiger partial charge in [0.15, 0.2) is 0 Å². The first kappa shape index (κ1) is 17.8. The van der Waals surface area contributed by atoms with Gasteiger partial charge >= 0.3 is 12.0 Å². The SMILES string of the molecule is CCOCCN(CC)C(=O)N1CCCC(CC)(C(=O)O)C1. The van der Waals surface area contributed by atoms with Gasteiger partial charge in [0.2, 0.25) is 0 Å². The van der Waals surface area contributed by atoms with E-state index in [9.17, 15) is 14.7 Å². The van der Waals surface area contributed by atoms with E-state index in [1.54, 1.807) is 9.80 Å². The highest BCUT2D eigenvalue weighted by Crippen LogP contribution is 2.34. The van der Waals surface area contributed by atoms with Crippen molar-refractivity contribution in [1.29, 1.82) is 0 Å². The number of carboxylic acids is 1. The largest absolute Gasteiger partial charge is 0.481 e. The van der Waals surface area contributed by atoms with Crippen LogP contribution < -0.4 is 0 Å². The second-order valence-corrected chi connectivity index (χ2v) is 5.52. The Hall–Kier alpha value is -1.30. The van der Waals surface area contributed by atoms with Crippen molar-refractivity contribution < 1.29 is 19.4 Å². The monoisotopic (exact) mass is 300 g/mol. The molecule has 0 saturated carbocycles. The summed E-state index contributed by atoms with van der Waals surface area (Å²) in [6.07, 6.45) is 1.94. The molecule has 1 N–H and O–H groups in total. The number of ether oxygens (including phenoxy) is 1. The van der Waals surface area contributed by atoms with E-state index in [0.717, 1.165) is 6.42 Å². The van der Waals surface area contributed by atoms with Gasteiger partial charge in [0.25, 0.3) is 0 Å². The lowest BCUT2D eigenvalue weighted by atomic mass is 9.78. The van der Waals surface area contributed by atoms with Crippen molar-refractivity contribution >= 4 is 12.0 Å².